The molecule has 0 aromatic heterocycles. The maximum absolute atomic E-state index is 13.2. The first-order chi connectivity index (χ1) is 8.61. The molecule has 1 aliphatic rings. The van der Waals surface area contributed by atoms with Gasteiger partial charge >= 0.3 is 0 Å². The Labute approximate surface area is 107 Å². The SMILES string of the molecule is CCCC[C@@H]1C[C@@H](C)[C@H](c2ccc(F)c(F)c2)O1. The minimum absolute atomic E-state index is 0.0954. The maximum Gasteiger partial charge on any atom is 0.159 e. The van der Waals surface area contributed by atoms with E-state index in [1.807, 2.05) is 0 Å². The van der Waals surface area contributed by atoms with Gasteiger partial charge in [0.15, 0.2) is 11.6 Å². The quantitative estimate of drug-likeness (QED) is 0.761. The number of hydrogen-bond acceptors (Lipinski definition) is 1. The third-order valence-electron chi connectivity index (χ3n) is 3.64. The topological polar surface area (TPSA) is 9.23 Å². The lowest BCUT2D eigenvalue weighted by atomic mass is 9.95. The molecule has 100 valence electrons. The molecule has 0 aliphatic carbocycles. The van der Waals surface area contributed by atoms with Gasteiger partial charge in [0.25, 0.3) is 0 Å². The van der Waals surface area contributed by atoms with Gasteiger partial charge in [0, 0.05) is 0 Å². The Kier molecular flexibility index (Phi) is 4.33. The Bertz CT molecular complexity index is 405. The lowest BCUT2D eigenvalue weighted by molar-refractivity contribution is 0.0300. The first-order valence-electron chi connectivity index (χ1n) is 6.72. The lowest BCUT2D eigenvalue weighted by Crippen LogP contribution is -2.07. The molecule has 0 saturated carbocycles. The number of rotatable bonds is 4. The molecule has 3 heteroatoms. The predicted octanol–water partition coefficient (Wildman–Crippen LogP) is 4.62. The second-order valence-corrected chi connectivity index (χ2v) is 5.21. The van der Waals surface area contributed by atoms with Gasteiger partial charge in [0.1, 0.15) is 0 Å². The van der Waals surface area contributed by atoms with Crippen LogP contribution in [0.5, 0.6) is 0 Å². The van der Waals surface area contributed by atoms with Crippen molar-refractivity contribution in [2.45, 2.75) is 51.7 Å². The average molecular weight is 254 g/mol. The van der Waals surface area contributed by atoms with E-state index in [2.05, 4.69) is 13.8 Å². The Morgan fingerprint density at radius 3 is 2.72 bits per heavy atom. The third kappa shape index (κ3) is 2.89. The van der Waals surface area contributed by atoms with E-state index in [1.165, 1.54) is 12.1 Å². The Morgan fingerprint density at radius 2 is 2.06 bits per heavy atom. The molecule has 0 unspecified atom stereocenters. The molecule has 1 fully saturated rings. The standard InChI is InChI=1S/C15H20F2O/c1-3-4-5-12-8-10(2)15(18-12)11-6-7-13(16)14(17)9-11/h6-7,9-10,12,15H,3-5,8H2,1-2H3/t10-,12-,15-/m1/s1. The van der Waals surface area contributed by atoms with Crippen LogP contribution in [0.3, 0.4) is 0 Å². The highest BCUT2D eigenvalue weighted by molar-refractivity contribution is 5.21. The second-order valence-electron chi connectivity index (χ2n) is 5.21. The average Bonchev–Trinajstić information content (AvgIpc) is 2.71. The molecular formula is C15H20F2O. The van der Waals surface area contributed by atoms with Crippen molar-refractivity contribution in [1.29, 1.82) is 0 Å². The first kappa shape index (κ1) is 13.5. The number of ether oxygens (including phenoxy) is 1. The summed E-state index contributed by atoms with van der Waals surface area (Å²) in [6.45, 7) is 4.27. The summed E-state index contributed by atoms with van der Waals surface area (Å²) in [6, 6.07) is 4.07. The van der Waals surface area contributed by atoms with Gasteiger partial charge in [-0.25, -0.2) is 8.78 Å². The van der Waals surface area contributed by atoms with Crippen LogP contribution in [0.25, 0.3) is 0 Å². The molecule has 2 rings (SSSR count). The molecule has 3 atom stereocenters. The fourth-order valence-corrected chi connectivity index (χ4v) is 2.65. The van der Waals surface area contributed by atoms with Crippen LogP contribution >= 0.6 is 0 Å². The molecule has 0 bridgehead atoms. The van der Waals surface area contributed by atoms with Crippen molar-refractivity contribution in [3.8, 4) is 0 Å². The molecule has 0 radical (unpaired) electrons. The van der Waals surface area contributed by atoms with Gasteiger partial charge in [0.05, 0.1) is 12.2 Å². The summed E-state index contributed by atoms with van der Waals surface area (Å²) in [5.41, 5.74) is 0.750. The van der Waals surface area contributed by atoms with Crippen LogP contribution in [0.1, 0.15) is 51.2 Å². The van der Waals surface area contributed by atoms with Gasteiger partial charge in [-0.3, -0.25) is 0 Å². The Morgan fingerprint density at radius 1 is 1.28 bits per heavy atom. The van der Waals surface area contributed by atoms with Gasteiger partial charge in [0.2, 0.25) is 0 Å². The minimum atomic E-state index is -0.799. The van der Waals surface area contributed by atoms with Gasteiger partial charge in [-0.1, -0.05) is 32.8 Å². The Balaban J connectivity index is 2.06. The molecule has 0 N–H and O–H groups in total. The van der Waals surface area contributed by atoms with Crippen molar-refractivity contribution in [2.75, 3.05) is 0 Å². The fraction of sp³-hybridized carbons (Fsp3) is 0.600. The summed E-state index contributed by atoms with van der Waals surface area (Å²) >= 11 is 0. The fourth-order valence-electron chi connectivity index (χ4n) is 2.65. The van der Waals surface area contributed by atoms with Crippen molar-refractivity contribution < 1.29 is 13.5 Å². The molecular weight excluding hydrogens is 234 g/mol. The molecule has 1 heterocycles. The van der Waals surface area contributed by atoms with Crippen molar-refractivity contribution in [1.82, 2.24) is 0 Å². The molecule has 1 aliphatic heterocycles. The zero-order chi connectivity index (χ0) is 13.1. The maximum atomic E-state index is 13.2. The molecule has 1 aromatic rings. The van der Waals surface area contributed by atoms with E-state index in [4.69, 9.17) is 4.74 Å². The number of unbranched alkanes of at least 4 members (excludes halogenated alkanes) is 1. The smallest absolute Gasteiger partial charge is 0.159 e. The van der Waals surface area contributed by atoms with Gasteiger partial charge in [-0.05, 0) is 36.5 Å². The van der Waals surface area contributed by atoms with E-state index < -0.39 is 11.6 Å². The summed E-state index contributed by atoms with van der Waals surface area (Å²) in [6.07, 6.45) is 4.54. The highest BCUT2D eigenvalue weighted by Gasteiger charge is 2.33. The molecule has 0 spiro atoms. The molecule has 1 nitrogen and oxygen atoms in total. The molecule has 1 aromatic carbocycles. The van der Waals surface area contributed by atoms with Crippen molar-refractivity contribution >= 4 is 0 Å². The molecule has 0 amide bonds. The monoisotopic (exact) mass is 254 g/mol. The van der Waals surface area contributed by atoms with Crippen LogP contribution in [0.15, 0.2) is 18.2 Å². The number of benzene rings is 1. The van der Waals surface area contributed by atoms with Crippen molar-refractivity contribution in [2.24, 2.45) is 5.92 Å². The summed E-state index contributed by atoms with van der Waals surface area (Å²) in [5, 5.41) is 0. The highest BCUT2D eigenvalue weighted by Crippen LogP contribution is 2.39. The second kappa shape index (κ2) is 5.79. The van der Waals surface area contributed by atoms with E-state index in [0.29, 0.717) is 5.92 Å². The normalized spacial score (nSPS) is 27.7. The minimum Gasteiger partial charge on any atom is -0.370 e. The summed E-state index contributed by atoms with van der Waals surface area (Å²) in [7, 11) is 0. The van der Waals surface area contributed by atoms with Gasteiger partial charge < -0.3 is 4.74 Å². The van der Waals surface area contributed by atoms with Crippen molar-refractivity contribution in [3.63, 3.8) is 0 Å². The molecule has 18 heavy (non-hydrogen) atoms. The van der Waals surface area contributed by atoms with Crippen LogP contribution in [0.2, 0.25) is 0 Å². The van der Waals surface area contributed by atoms with E-state index in [9.17, 15) is 8.78 Å². The van der Waals surface area contributed by atoms with Crippen LogP contribution in [-0.4, -0.2) is 6.10 Å². The van der Waals surface area contributed by atoms with E-state index in [0.717, 1.165) is 31.2 Å². The van der Waals surface area contributed by atoms with Crippen molar-refractivity contribution in [3.05, 3.63) is 35.4 Å². The molecule has 1 saturated heterocycles. The van der Waals surface area contributed by atoms with Crippen LogP contribution in [0.4, 0.5) is 8.78 Å². The lowest BCUT2D eigenvalue weighted by Gasteiger charge is -2.16. The highest BCUT2D eigenvalue weighted by atomic mass is 19.2. The number of hydrogen-bond donors (Lipinski definition) is 0. The zero-order valence-corrected chi connectivity index (χ0v) is 11.0. The van der Waals surface area contributed by atoms with Crippen LogP contribution in [-0.2, 0) is 4.74 Å². The van der Waals surface area contributed by atoms with E-state index >= 15 is 0 Å². The summed E-state index contributed by atoms with van der Waals surface area (Å²) in [5.74, 6) is -1.23. The number of halogens is 2. The Hall–Kier alpha value is -0.960. The summed E-state index contributed by atoms with van der Waals surface area (Å²) in [4.78, 5) is 0. The predicted molar refractivity (Wildman–Crippen MR) is 67.3 cm³/mol. The van der Waals surface area contributed by atoms with Gasteiger partial charge in [-0.2, -0.15) is 0 Å². The zero-order valence-electron chi connectivity index (χ0n) is 11.0. The van der Waals surface area contributed by atoms with E-state index in [1.54, 1.807) is 6.07 Å². The van der Waals surface area contributed by atoms with E-state index in [-0.39, 0.29) is 12.2 Å². The first-order valence-corrected chi connectivity index (χ1v) is 6.72. The van der Waals surface area contributed by atoms with Gasteiger partial charge in [-0.15, -0.1) is 0 Å². The van der Waals surface area contributed by atoms with Crippen LogP contribution < -0.4 is 0 Å². The summed E-state index contributed by atoms with van der Waals surface area (Å²) < 4.78 is 32.1. The van der Waals surface area contributed by atoms with Crippen LogP contribution in [0, 0.1) is 17.6 Å². The largest absolute Gasteiger partial charge is 0.370 e. The third-order valence-corrected chi connectivity index (χ3v) is 3.64.